The molecule has 2 aromatic heterocycles. The maximum absolute atomic E-state index is 12.4. The van der Waals surface area contributed by atoms with E-state index in [0.29, 0.717) is 17.7 Å². The smallest absolute Gasteiger partial charge is 0.283 e. The first-order valence-corrected chi connectivity index (χ1v) is 6.82. The molecule has 0 saturated carbocycles. The minimum absolute atomic E-state index is 0.141. The van der Waals surface area contributed by atoms with Crippen LogP contribution in [-0.4, -0.2) is 33.4 Å². The van der Waals surface area contributed by atoms with Crippen LogP contribution >= 0.6 is 0 Å². The fourth-order valence-electron chi connectivity index (χ4n) is 2.01. The molecule has 0 aliphatic heterocycles. The molecule has 0 bridgehead atoms. The summed E-state index contributed by atoms with van der Waals surface area (Å²) < 4.78 is 25.7. The van der Waals surface area contributed by atoms with Crippen molar-refractivity contribution >= 4 is 17.1 Å². The number of alkyl halides is 2. The van der Waals surface area contributed by atoms with Gasteiger partial charge in [0.1, 0.15) is 5.52 Å². The molecule has 118 valence electrons. The highest BCUT2D eigenvalue weighted by Gasteiger charge is 2.19. The molecule has 6 nitrogen and oxygen atoms in total. The van der Waals surface area contributed by atoms with Gasteiger partial charge in [-0.15, -0.1) is 0 Å². The predicted molar refractivity (Wildman–Crippen MR) is 77.0 cm³/mol. The summed E-state index contributed by atoms with van der Waals surface area (Å²) in [6.45, 7) is 3.36. The third-order valence-electron chi connectivity index (χ3n) is 2.88. The number of nitrogens with one attached hydrogen (secondary N) is 1. The Balaban J connectivity index is 2.53. The summed E-state index contributed by atoms with van der Waals surface area (Å²) in [6.07, 6.45) is -1.17. The van der Waals surface area contributed by atoms with Gasteiger partial charge in [-0.25, -0.2) is 18.7 Å². The summed E-state index contributed by atoms with van der Waals surface area (Å²) in [4.78, 5) is 32.4. The second-order valence-corrected chi connectivity index (χ2v) is 5.22. The molecule has 0 spiro atoms. The summed E-state index contributed by atoms with van der Waals surface area (Å²) in [6, 6.07) is 3.24. The number of rotatable bonds is 5. The molecule has 8 heteroatoms. The van der Waals surface area contributed by atoms with E-state index in [0.717, 1.165) is 0 Å². The summed E-state index contributed by atoms with van der Waals surface area (Å²) in [5.74, 6) is -0.768. The lowest BCUT2D eigenvalue weighted by molar-refractivity contribution is 0.0885. The van der Waals surface area contributed by atoms with Gasteiger partial charge in [-0.05, 0) is 18.1 Å². The number of nitrogens with zero attached hydrogens (tertiary/aromatic N) is 3. The van der Waals surface area contributed by atoms with Gasteiger partial charge in [-0.3, -0.25) is 14.2 Å². The van der Waals surface area contributed by atoms with E-state index in [9.17, 15) is 18.4 Å². The zero-order chi connectivity index (χ0) is 16.3. The highest BCUT2D eigenvalue weighted by molar-refractivity contribution is 5.93. The molecule has 22 heavy (non-hydrogen) atoms. The fourth-order valence-corrected chi connectivity index (χ4v) is 2.01. The summed E-state index contributed by atoms with van der Waals surface area (Å²) in [5.41, 5.74) is -0.301. The fraction of sp³-hybridized carbons (Fsp3) is 0.429. The van der Waals surface area contributed by atoms with Crippen LogP contribution in [0.2, 0.25) is 0 Å². The molecule has 1 N–H and O–H groups in total. The second kappa shape index (κ2) is 6.59. The topological polar surface area (TPSA) is 76.9 Å². The molecule has 0 radical (unpaired) electrons. The van der Waals surface area contributed by atoms with E-state index in [1.807, 2.05) is 19.2 Å². The molecule has 0 unspecified atom stereocenters. The summed E-state index contributed by atoms with van der Waals surface area (Å²) in [5, 5.41) is 2.00. The normalized spacial score (nSPS) is 11.4. The average molecular weight is 310 g/mol. The van der Waals surface area contributed by atoms with Gasteiger partial charge < -0.3 is 5.32 Å². The van der Waals surface area contributed by atoms with Gasteiger partial charge in [0.05, 0.1) is 6.54 Å². The van der Waals surface area contributed by atoms with E-state index in [4.69, 9.17) is 0 Å². The lowest BCUT2D eigenvalue weighted by Gasteiger charge is -2.13. The summed E-state index contributed by atoms with van der Waals surface area (Å²) in [7, 11) is 0. The van der Waals surface area contributed by atoms with Gasteiger partial charge in [0.25, 0.3) is 17.9 Å². The Kier molecular flexibility index (Phi) is 4.79. The molecule has 2 aromatic rings. The molecule has 1 amide bonds. The van der Waals surface area contributed by atoms with Gasteiger partial charge in [-0.2, -0.15) is 0 Å². The molecule has 0 saturated heterocycles. The Hall–Kier alpha value is -2.38. The van der Waals surface area contributed by atoms with Crippen molar-refractivity contribution in [3.05, 3.63) is 34.4 Å². The largest absolute Gasteiger partial charge is 0.345 e. The molecule has 0 fully saturated rings. The van der Waals surface area contributed by atoms with Crippen LogP contribution in [0.1, 0.15) is 24.3 Å². The zero-order valence-corrected chi connectivity index (χ0v) is 12.2. The van der Waals surface area contributed by atoms with Crippen molar-refractivity contribution in [2.24, 2.45) is 5.92 Å². The molecule has 0 atom stereocenters. The first kappa shape index (κ1) is 16.0. The monoisotopic (exact) mass is 310 g/mol. The van der Waals surface area contributed by atoms with Gasteiger partial charge in [-0.1, -0.05) is 13.8 Å². The van der Waals surface area contributed by atoms with Crippen molar-refractivity contribution in [1.29, 1.82) is 0 Å². The SMILES string of the molecule is CC(C)Cn1c(=O)c(C(=O)NCC(F)F)nc2cccnc21. The highest BCUT2D eigenvalue weighted by Crippen LogP contribution is 2.09. The molecular formula is C14H16F2N4O2. The molecular weight excluding hydrogens is 294 g/mol. The van der Waals surface area contributed by atoms with Crippen LogP contribution in [0.3, 0.4) is 0 Å². The standard InChI is InChI=1S/C14H16F2N4O2/c1-8(2)7-20-12-9(4-3-5-17-12)19-11(14(20)22)13(21)18-6-10(15)16/h3-5,8,10H,6-7H2,1-2H3,(H,18,21). The van der Waals surface area contributed by atoms with E-state index in [1.54, 1.807) is 12.1 Å². The van der Waals surface area contributed by atoms with Crippen molar-refractivity contribution in [2.75, 3.05) is 6.54 Å². The zero-order valence-electron chi connectivity index (χ0n) is 12.2. The molecule has 2 rings (SSSR count). The minimum Gasteiger partial charge on any atom is -0.345 e. The summed E-state index contributed by atoms with van der Waals surface area (Å²) >= 11 is 0. The Morgan fingerprint density at radius 1 is 1.41 bits per heavy atom. The van der Waals surface area contributed by atoms with E-state index in [-0.39, 0.29) is 5.92 Å². The number of aromatic nitrogens is 3. The number of hydrogen-bond acceptors (Lipinski definition) is 4. The molecule has 0 aliphatic rings. The maximum Gasteiger partial charge on any atom is 0.283 e. The maximum atomic E-state index is 12.4. The van der Waals surface area contributed by atoms with Crippen LogP contribution in [-0.2, 0) is 6.54 Å². The van der Waals surface area contributed by atoms with Crippen molar-refractivity contribution in [3.8, 4) is 0 Å². The van der Waals surface area contributed by atoms with Gasteiger partial charge in [0, 0.05) is 12.7 Å². The minimum atomic E-state index is -2.69. The van der Waals surface area contributed by atoms with Crippen molar-refractivity contribution in [2.45, 2.75) is 26.8 Å². The highest BCUT2D eigenvalue weighted by atomic mass is 19.3. The number of fused-ring (bicyclic) bond motifs is 1. The Morgan fingerprint density at radius 2 is 2.14 bits per heavy atom. The first-order chi connectivity index (χ1) is 10.4. The van der Waals surface area contributed by atoms with E-state index in [2.05, 4.69) is 9.97 Å². The Labute approximate surface area is 125 Å². The number of hydrogen-bond donors (Lipinski definition) is 1. The van der Waals surface area contributed by atoms with E-state index in [1.165, 1.54) is 10.8 Å². The Morgan fingerprint density at radius 3 is 2.77 bits per heavy atom. The van der Waals surface area contributed by atoms with Crippen LogP contribution in [0.5, 0.6) is 0 Å². The van der Waals surface area contributed by atoms with Crippen molar-refractivity contribution in [1.82, 2.24) is 19.9 Å². The van der Waals surface area contributed by atoms with Crippen LogP contribution < -0.4 is 10.9 Å². The van der Waals surface area contributed by atoms with Crippen LogP contribution in [0.4, 0.5) is 8.78 Å². The number of carbonyl (C=O) groups excluding carboxylic acids is 1. The molecule has 0 aliphatic carbocycles. The molecule has 2 heterocycles. The lowest BCUT2D eigenvalue weighted by atomic mass is 10.2. The number of pyridine rings is 1. The third kappa shape index (κ3) is 3.44. The van der Waals surface area contributed by atoms with Crippen LogP contribution in [0.25, 0.3) is 11.2 Å². The number of halogens is 2. The van der Waals surface area contributed by atoms with Crippen LogP contribution in [0.15, 0.2) is 23.1 Å². The quantitative estimate of drug-likeness (QED) is 0.906. The van der Waals surface area contributed by atoms with Crippen molar-refractivity contribution < 1.29 is 13.6 Å². The average Bonchev–Trinajstić information content (AvgIpc) is 2.47. The van der Waals surface area contributed by atoms with Crippen molar-refractivity contribution in [3.63, 3.8) is 0 Å². The van der Waals surface area contributed by atoms with Gasteiger partial charge in [0.2, 0.25) is 0 Å². The molecule has 0 aromatic carbocycles. The number of amides is 1. The Bertz CT molecular complexity index is 743. The number of carbonyl (C=O) groups is 1. The van der Waals surface area contributed by atoms with E-state index < -0.39 is 30.1 Å². The second-order valence-electron chi connectivity index (χ2n) is 5.22. The lowest BCUT2D eigenvalue weighted by Crippen LogP contribution is -2.37. The van der Waals surface area contributed by atoms with Gasteiger partial charge >= 0.3 is 0 Å². The van der Waals surface area contributed by atoms with Crippen LogP contribution in [0, 0.1) is 5.92 Å². The van der Waals surface area contributed by atoms with Gasteiger partial charge in [0.15, 0.2) is 11.3 Å². The third-order valence-corrected chi connectivity index (χ3v) is 2.88. The first-order valence-electron chi connectivity index (χ1n) is 6.82. The predicted octanol–water partition coefficient (Wildman–Crippen LogP) is 1.44. The van der Waals surface area contributed by atoms with E-state index >= 15 is 0 Å².